The van der Waals surface area contributed by atoms with Crippen LogP contribution in [0.3, 0.4) is 0 Å². The van der Waals surface area contributed by atoms with E-state index in [1.807, 2.05) is 0 Å². The molecule has 0 atom stereocenters. The van der Waals surface area contributed by atoms with Gasteiger partial charge in [-0.15, -0.1) is 19.7 Å². The van der Waals surface area contributed by atoms with E-state index >= 15 is 0 Å². The van der Waals surface area contributed by atoms with Crippen molar-refractivity contribution in [2.75, 3.05) is 19.8 Å². The first kappa shape index (κ1) is 18.0. The molecule has 0 aliphatic heterocycles. The average molecular weight is 300 g/mol. The summed E-state index contributed by atoms with van der Waals surface area (Å²) in [6.45, 7) is 11.0. The lowest BCUT2D eigenvalue weighted by atomic mass is 9.84. The van der Waals surface area contributed by atoms with Gasteiger partial charge in [0.1, 0.15) is 36.6 Å². The standard InChI is InChI=1S/C15H24O6/c1-4-7-19-13-10(16)14(20-8-5-2)12(18)15(11(13)17)21-9-6-3/h4-6,10-18H,1-3,7-9H2. The highest BCUT2D eigenvalue weighted by molar-refractivity contribution is 5.02. The van der Waals surface area contributed by atoms with Crippen LogP contribution in [0.5, 0.6) is 0 Å². The van der Waals surface area contributed by atoms with Gasteiger partial charge in [0.25, 0.3) is 0 Å². The summed E-state index contributed by atoms with van der Waals surface area (Å²) in [4.78, 5) is 0. The molecule has 0 spiro atoms. The summed E-state index contributed by atoms with van der Waals surface area (Å²) in [5.41, 5.74) is 0. The van der Waals surface area contributed by atoms with Gasteiger partial charge in [-0.3, -0.25) is 0 Å². The zero-order valence-electron chi connectivity index (χ0n) is 12.0. The van der Waals surface area contributed by atoms with Crippen LogP contribution in [0.2, 0.25) is 0 Å². The van der Waals surface area contributed by atoms with Crippen molar-refractivity contribution in [3.05, 3.63) is 38.0 Å². The third kappa shape index (κ3) is 4.47. The van der Waals surface area contributed by atoms with Gasteiger partial charge in [-0.2, -0.15) is 0 Å². The van der Waals surface area contributed by atoms with E-state index in [-0.39, 0.29) is 19.8 Å². The van der Waals surface area contributed by atoms with Crippen LogP contribution in [0.25, 0.3) is 0 Å². The first-order valence-electron chi connectivity index (χ1n) is 6.80. The van der Waals surface area contributed by atoms with Crippen molar-refractivity contribution in [2.45, 2.75) is 36.6 Å². The Bertz CT molecular complexity index is 281. The molecule has 0 aromatic rings. The maximum atomic E-state index is 10.3. The van der Waals surface area contributed by atoms with Gasteiger partial charge in [-0.25, -0.2) is 0 Å². The van der Waals surface area contributed by atoms with E-state index in [1.165, 1.54) is 18.2 Å². The second-order valence-corrected chi connectivity index (χ2v) is 4.73. The molecular weight excluding hydrogens is 276 g/mol. The average Bonchev–Trinajstić information content (AvgIpc) is 2.47. The third-order valence-electron chi connectivity index (χ3n) is 3.24. The number of rotatable bonds is 9. The van der Waals surface area contributed by atoms with Crippen LogP contribution in [0.15, 0.2) is 38.0 Å². The Morgan fingerprint density at radius 2 is 0.857 bits per heavy atom. The number of ether oxygens (including phenoxy) is 3. The highest BCUT2D eigenvalue weighted by Gasteiger charge is 2.51. The molecule has 0 saturated heterocycles. The van der Waals surface area contributed by atoms with Crippen molar-refractivity contribution in [3.8, 4) is 0 Å². The maximum Gasteiger partial charge on any atom is 0.115 e. The molecule has 0 heterocycles. The summed E-state index contributed by atoms with van der Waals surface area (Å²) in [6, 6.07) is 0. The Morgan fingerprint density at radius 3 is 1.05 bits per heavy atom. The quantitative estimate of drug-likeness (QED) is 0.511. The summed E-state index contributed by atoms with van der Waals surface area (Å²) in [6.07, 6.45) is -1.92. The van der Waals surface area contributed by atoms with Crippen LogP contribution in [0, 0.1) is 0 Å². The first-order valence-corrected chi connectivity index (χ1v) is 6.80. The first-order chi connectivity index (χ1) is 10.1. The predicted octanol–water partition coefficient (Wildman–Crippen LogP) is -0.204. The molecule has 0 radical (unpaired) electrons. The number of hydrogen-bond donors (Lipinski definition) is 3. The predicted molar refractivity (Wildman–Crippen MR) is 77.8 cm³/mol. The minimum Gasteiger partial charge on any atom is -0.387 e. The number of aliphatic hydroxyl groups is 3. The fraction of sp³-hybridized carbons (Fsp3) is 0.600. The molecule has 0 aromatic carbocycles. The highest BCUT2D eigenvalue weighted by Crippen LogP contribution is 2.28. The normalized spacial score (nSPS) is 36.1. The molecule has 0 unspecified atom stereocenters. The number of aliphatic hydroxyl groups excluding tert-OH is 3. The fourth-order valence-electron chi connectivity index (χ4n) is 2.30. The van der Waals surface area contributed by atoms with Crippen molar-refractivity contribution in [2.24, 2.45) is 0 Å². The smallest absolute Gasteiger partial charge is 0.115 e. The largest absolute Gasteiger partial charge is 0.387 e. The summed E-state index contributed by atoms with van der Waals surface area (Å²) >= 11 is 0. The lowest BCUT2D eigenvalue weighted by Crippen LogP contribution is -2.65. The zero-order valence-corrected chi connectivity index (χ0v) is 12.0. The molecule has 3 N–H and O–H groups in total. The minimum atomic E-state index is -1.20. The Labute approximate surface area is 124 Å². The Kier molecular flexibility index (Phi) is 7.81. The van der Waals surface area contributed by atoms with Gasteiger partial charge in [-0.05, 0) is 0 Å². The second-order valence-electron chi connectivity index (χ2n) is 4.73. The van der Waals surface area contributed by atoms with E-state index in [1.54, 1.807) is 0 Å². The molecule has 6 nitrogen and oxygen atoms in total. The summed E-state index contributed by atoms with van der Waals surface area (Å²) < 4.78 is 16.2. The molecule has 1 aliphatic carbocycles. The van der Waals surface area contributed by atoms with Gasteiger partial charge in [0.05, 0.1) is 19.8 Å². The molecule has 1 aliphatic rings. The molecule has 6 heteroatoms. The van der Waals surface area contributed by atoms with Crippen LogP contribution in [0.1, 0.15) is 0 Å². The van der Waals surface area contributed by atoms with Gasteiger partial charge in [0.2, 0.25) is 0 Å². The van der Waals surface area contributed by atoms with E-state index in [9.17, 15) is 15.3 Å². The second kappa shape index (κ2) is 9.09. The molecule has 1 rings (SSSR count). The molecule has 1 saturated carbocycles. The zero-order chi connectivity index (χ0) is 15.8. The lowest BCUT2D eigenvalue weighted by Gasteiger charge is -2.44. The minimum absolute atomic E-state index is 0.150. The van der Waals surface area contributed by atoms with Gasteiger partial charge in [0.15, 0.2) is 0 Å². The SMILES string of the molecule is C=CCOC1C(O)C(OCC=C)C(O)C(OCC=C)C1O. The maximum absolute atomic E-state index is 10.3. The van der Waals surface area contributed by atoms with Gasteiger partial charge in [-0.1, -0.05) is 18.2 Å². The summed E-state index contributed by atoms with van der Waals surface area (Å²) in [5.74, 6) is 0. The van der Waals surface area contributed by atoms with Gasteiger partial charge >= 0.3 is 0 Å². The molecule has 21 heavy (non-hydrogen) atoms. The van der Waals surface area contributed by atoms with Crippen LogP contribution >= 0.6 is 0 Å². The molecule has 1 fully saturated rings. The molecule has 0 amide bonds. The van der Waals surface area contributed by atoms with E-state index in [0.29, 0.717) is 0 Å². The van der Waals surface area contributed by atoms with Crippen molar-refractivity contribution < 1.29 is 29.5 Å². The van der Waals surface area contributed by atoms with E-state index in [4.69, 9.17) is 14.2 Å². The van der Waals surface area contributed by atoms with E-state index in [0.717, 1.165) is 0 Å². The highest BCUT2D eigenvalue weighted by atomic mass is 16.6. The molecular formula is C15H24O6. The summed E-state index contributed by atoms with van der Waals surface area (Å²) in [5, 5.41) is 30.8. The van der Waals surface area contributed by atoms with Crippen molar-refractivity contribution in [1.82, 2.24) is 0 Å². The van der Waals surface area contributed by atoms with Crippen LogP contribution in [-0.4, -0.2) is 71.8 Å². The van der Waals surface area contributed by atoms with E-state index in [2.05, 4.69) is 19.7 Å². The summed E-state index contributed by atoms with van der Waals surface area (Å²) in [7, 11) is 0. The Hall–Kier alpha value is -1.02. The Morgan fingerprint density at radius 1 is 0.619 bits per heavy atom. The monoisotopic (exact) mass is 300 g/mol. The lowest BCUT2D eigenvalue weighted by molar-refractivity contribution is -0.250. The van der Waals surface area contributed by atoms with Gasteiger partial charge in [0, 0.05) is 0 Å². The van der Waals surface area contributed by atoms with Crippen LogP contribution < -0.4 is 0 Å². The van der Waals surface area contributed by atoms with Crippen molar-refractivity contribution in [3.63, 3.8) is 0 Å². The number of hydrogen-bond acceptors (Lipinski definition) is 6. The van der Waals surface area contributed by atoms with Crippen LogP contribution in [-0.2, 0) is 14.2 Å². The topological polar surface area (TPSA) is 88.4 Å². The van der Waals surface area contributed by atoms with Crippen molar-refractivity contribution >= 4 is 0 Å². The third-order valence-corrected chi connectivity index (χ3v) is 3.24. The van der Waals surface area contributed by atoms with Gasteiger partial charge < -0.3 is 29.5 Å². The molecule has 0 aromatic heterocycles. The molecule has 120 valence electrons. The Balaban J connectivity index is 2.89. The van der Waals surface area contributed by atoms with Crippen molar-refractivity contribution in [1.29, 1.82) is 0 Å². The fourth-order valence-corrected chi connectivity index (χ4v) is 2.30. The van der Waals surface area contributed by atoms with E-state index < -0.39 is 36.6 Å². The molecule has 0 bridgehead atoms. The van der Waals surface area contributed by atoms with Crippen LogP contribution in [0.4, 0.5) is 0 Å².